The van der Waals surface area contributed by atoms with Crippen LogP contribution in [0.4, 0.5) is 11.5 Å². The highest BCUT2D eigenvalue weighted by molar-refractivity contribution is 5.69. The molecule has 1 fully saturated rings. The van der Waals surface area contributed by atoms with E-state index < -0.39 is 0 Å². The third-order valence-corrected chi connectivity index (χ3v) is 4.01. The van der Waals surface area contributed by atoms with Crippen molar-refractivity contribution in [3.8, 4) is 17.0 Å². The first-order chi connectivity index (χ1) is 10.3. The monoisotopic (exact) mass is 283 g/mol. The van der Waals surface area contributed by atoms with Gasteiger partial charge in [0.15, 0.2) is 0 Å². The second-order valence-corrected chi connectivity index (χ2v) is 5.49. The average Bonchev–Trinajstić information content (AvgIpc) is 3.03. The number of nitrogens with two attached hydrogens (primary N) is 1. The van der Waals surface area contributed by atoms with Crippen LogP contribution in [0.5, 0.6) is 5.75 Å². The van der Waals surface area contributed by atoms with Gasteiger partial charge in [-0.2, -0.15) is 0 Å². The van der Waals surface area contributed by atoms with Crippen LogP contribution in [0.15, 0.2) is 36.4 Å². The van der Waals surface area contributed by atoms with Crippen molar-refractivity contribution in [2.45, 2.75) is 31.7 Å². The van der Waals surface area contributed by atoms with Crippen LogP contribution in [-0.2, 0) is 0 Å². The zero-order valence-electron chi connectivity index (χ0n) is 12.3. The first kappa shape index (κ1) is 13.7. The predicted molar refractivity (Wildman–Crippen MR) is 86.5 cm³/mol. The minimum Gasteiger partial charge on any atom is -0.497 e. The van der Waals surface area contributed by atoms with Crippen molar-refractivity contribution in [1.29, 1.82) is 0 Å². The van der Waals surface area contributed by atoms with Crippen molar-refractivity contribution >= 4 is 11.5 Å². The van der Waals surface area contributed by atoms with E-state index in [9.17, 15) is 0 Å². The average molecular weight is 283 g/mol. The summed E-state index contributed by atoms with van der Waals surface area (Å²) >= 11 is 0. The molecule has 1 aliphatic rings. The number of hydrogen-bond acceptors (Lipinski definition) is 4. The number of nitrogens with zero attached hydrogens (tertiary/aromatic N) is 1. The quantitative estimate of drug-likeness (QED) is 0.898. The van der Waals surface area contributed by atoms with E-state index in [4.69, 9.17) is 10.5 Å². The Bertz CT molecular complexity index is 604. The molecule has 1 aromatic heterocycles. The van der Waals surface area contributed by atoms with Crippen LogP contribution < -0.4 is 15.8 Å². The molecule has 0 unspecified atom stereocenters. The zero-order chi connectivity index (χ0) is 14.7. The maximum Gasteiger partial charge on any atom is 0.150 e. The van der Waals surface area contributed by atoms with Crippen LogP contribution in [0.1, 0.15) is 25.7 Å². The normalized spacial score (nSPS) is 15.1. The van der Waals surface area contributed by atoms with E-state index in [0.717, 1.165) is 22.8 Å². The molecule has 1 aromatic carbocycles. The molecule has 4 heteroatoms. The van der Waals surface area contributed by atoms with E-state index in [1.807, 2.05) is 36.4 Å². The van der Waals surface area contributed by atoms with E-state index in [-0.39, 0.29) is 0 Å². The number of anilines is 2. The third-order valence-electron chi connectivity index (χ3n) is 4.01. The van der Waals surface area contributed by atoms with Gasteiger partial charge in [-0.25, -0.2) is 4.98 Å². The molecule has 110 valence electrons. The zero-order valence-corrected chi connectivity index (χ0v) is 12.3. The SMILES string of the molecule is COc1ccc(-c2ccc(N)c(NC3CCCC3)n2)cc1. The van der Waals surface area contributed by atoms with Crippen molar-refractivity contribution in [2.24, 2.45) is 0 Å². The second-order valence-electron chi connectivity index (χ2n) is 5.49. The van der Waals surface area contributed by atoms with Crippen molar-refractivity contribution in [3.63, 3.8) is 0 Å². The second kappa shape index (κ2) is 6.04. The summed E-state index contributed by atoms with van der Waals surface area (Å²) in [7, 11) is 1.67. The van der Waals surface area contributed by atoms with Crippen LogP contribution in [0.25, 0.3) is 11.3 Å². The van der Waals surface area contributed by atoms with E-state index in [0.29, 0.717) is 11.7 Å². The lowest BCUT2D eigenvalue weighted by molar-refractivity contribution is 0.415. The Morgan fingerprint density at radius 1 is 1.10 bits per heavy atom. The summed E-state index contributed by atoms with van der Waals surface area (Å²) in [5, 5.41) is 3.48. The fourth-order valence-electron chi connectivity index (χ4n) is 2.77. The van der Waals surface area contributed by atoms with Gasteiger partial charge in [0, 0.05) is 11.6 Å². The maximum absolute atomic E-state index is 6.05. The number of pyridine rings is 1. The lowest BCUT2D eigenvalue weighted by Crippen LogP contribution is -2.16. The third kappa shape index (κ3) is 3.10. The van der Waals surface area contributed by atoms with Gasteiger partial charge in [0.05, 0.1) is 18.5 Å². The van der Waals surface area contributed by atoms with Gasteiger partial charge in [-0.1, -0.05) is 12.8 Å². The summed E-state index contributed by atoms with van der Waals surface area (Å²) in [6, 6.07) is 12.3. The lowest BCUT2D eigenvalue weighted by Gasteiger charge is -2.15. The molecule has 0 saturated heterocycles. The number of ether oxygens (including phenoxy) is 1. The van der Waals surface area contributed by atoms with E-state index in [2.05, 4.69) is 10.3 Å². The van der Waals surface area contributed by atoms with Crippen LogP contribution in [0, 0.1) is 0 Å². The topological polar surface area (TPSA) is 60.2 Å². The molecule has 0 radical (unpaired) electrons. The summed E-state index contributed by atoms with van der Waals surface area (Å²) in [5.41, 5.74) is 8.74. The number of nitrogens with one attached hydrogen (secondary N) is 1. The summed E-state index contributed by atoms with van der Waals surface area (Å²) in [4.78, 5) is 4.68. The van der Waals surface area contributed by atoms with Crippen molar-refractivity contribution in [1.82, 2.24) is 4.98 Å². The molecule has 1 heterocycles. The fraction of sp³-hybridized carbons (Fsp3) is 0.353. The molecule has 2 aromatic rings. The van der Waals surface area contributed by atoms with Crippen molar-refractivity contribution in [3.05, 3.63) is 36.4 Å². The van der Waals surface area contributed by atoms with Crippen LogP contribution in [0.2, 0.25) is 0 Å². The Balaban J connectivity index is 1.84. The molecule has 3 N–H and O–H groups in total. The number of benzene rings is 1. The standard InChI is InChI=1S/C17H21N3O/c1-21-14-8-6-12(7-9-14)16-11-10-15(18)17(20-16)19-13-4-2-3-5-13/h6-11,13H,2-5,18H2,1H3,(H,19,20). The van der Waals surface area contributed by atoms with Gasteiger partial charge in [0.25, 0.3) is 0 Å². The summed E-state index contributed by atoms with van der Waals surface area (Å²) in [6.07, 6.45) is 4.98. The van der Waals surface area contributed by atoms with E-state index in [1.165, 1.54) is 25.7 Å². The molecule has 1 aliphatic carbocycles. The number of nitrogen functional groups attached to an aromatic ring is 1. The highest BCUT2D eigenvalue weighted by Gasteiger charge is 2.16. The van der Waals surface area contributed by atoms with Gasteiger partial charge in [-0.3, -0.25) is 0 Å². The molecular weight excluding hydrogens is 262 g/mol. The molecule has 4 nitrogen and oxygen atoms in total. The lowest BCUT2D eigenvalue weighted by atomic mass is 10.1. The van der Waals surface area contributed by atoms with E-state index in [1.54, 1.807) is 7.11 Å². The Kier molecular flexibility index (Phi) is 3.95. The van der Waals surface area contributed by atoms with Crippen LogP contribution in [-0.4, -0.2) is 18.1 Å². The number of methoxy groups -OCH3 is 1. The predicted octanol–water partition coefficient (Wildman–Crippen LogP) is 3.69. The molecule has 0 atom stereocenters. The molecule has 0 amide bonds. The van der Waals surface area contributed by atoms with Gasteiger partial charge in [-0.05, 0) is 49.2 Å². The smallest absolute Gasteiger partial charge is 0.150 e. The van der Waals surface area contributed by atoms with Crippen LogP contribution in [0.3, 0.4) is 0 Å². The first-order valence-electron chi connectivity index (χ1n) is 7.44. The number of hydrogen-bond donors (Lipinski definition) is 2. The Morgan fingerprint density at radius 2 is 1.81 bits per heavy atom. The van der Waals surface area contributed by atoms with E-state index >= 15 is 0 Å². The summed E-state index contributed by atoms with van der Waals surface area (Å²) in [5.74, 6) is 1.65. The Hall–Kier alpha value is -2.23. The molecule has 0 bridgehead atoms. The largest absolute Gasteiger partial charge is 0.497 e. The summed E-state index contributed by atoms with van der Waals surface area (Å²) < 4.78 is 5.18. The van der Waals surface area contributed by atoms with Gasteiger partial charge < -0.3 is 15.8 Å². The molecule has 1 saturated carbocycles. The molecule has 0 spiro atoms. The molecule has 3 rings (SSSR count). The highest BCUT2D eigenvalue weighted by Crippen LogP contribution is 2.28. The van der Waals surface area contributed by atoms with Gasteiger partial charge in [0.1, 0.15) is 11.6 Å². The van der Waals surface area contributed by atoms with Gasteiger partial charge in [0.2, 0.25) is 0 Å². The van der Waals surface area contributed by atoms with Crippen molar-refractivity contribution < 1.29 is 4.74 Å². The minimum absolute atomic E-state index is 0.505. The Labute approximate surface area is 125 Å². The molecular formula is C17H21N3O. The summed E-state index contributed by atoms with van der Waals surface area (Å²) in [6.45, 7) is 0. The minimum atomic E-state index is 0.505. The van der Waals surface area contributed by atoms with Crippen molar-refractivity contribution in [2.75, 3.05) is 18.2 Å². The van der Waals surface area contributed by atoms with Gasteiger partial charge >= 0.3 is 0 Å². The highest BCUT2D eigenvalue weighted by atomic mass is 16.5. The Morgan fingerprint density at radius 3 is 2.48 bits per heavy atom. The number of rotatable bonds is 4. The van der Waals surface area contributed by atoms with Crippen LogP contribution >= 0.6 is 0 Å². The maximum atomic E-state index is 6.05. The first-order valence-corrected chi connectivity index (χ1v) is 7.44. The molecule has 21 heavy (non-hydrogen) atoms. The number of aromatic nitrogens is 1. The molecule has 0 aliphatic heterocycles. The fourth-order valence-corrected chi connectivity index (χ4v) is 2.77. The van der Waals surface area contributed by atoms with Gasteiger partial charge in [-0.15, -0.1) is 0 Å².